The van der Waals surface area contributed by atoms with Crippen molar-refractivity contribution in [3.05, 3.63) is 29.8 Å². The first-order valence-electron chi connectivity index (χ1n) is 4.67. The Morgan fingerprint density at radius 2 is 2.07 bits per heavy atom. The molecule has 3 nitrogen and oxygen atoms in total. The van der Waals surface area contributed by atoms with Gasteiger partial charge in [0.15, 0.2) is 0 Å². The normalized spacial score (nSPS) is 10.1. The molecule has 0 saturated heterocycles. The predicted molar refractivity (Wildman–Crippen MR) is 57.5 cm³/mol. The molecule has 1 rings (SSSR count). The molecule has 0 radical (unpaired) electrons. The van der Waals surface area contributed by atoms with Crippen molar-refractivity contribution in [2.24, 2.45) is 0 Å². The van der Waals surface area contributed by atoms with Crippen molar-refractivity contribution >= 4 is 5.69 Å². The van der Waals surface area contributed by atoms with Gasteiger partial charge in [0.25, 0.3) is 0 Å². The first-order chi connectivity index (χ1) is 6.86. The Hall–Kier alpha value is -1.06. The highest BCUT2D eigenvalue weighted by molar-refractivity contribution is 5.45. The van der Waals surface area contributed by atoms with Gasteiger partial charge in [-0.15, -0.1) is 0 Å². The molecule has 1 N–H and O–H groups in total. The third-order valence-corrected chi connectivity index (χ3v) is 1.87. The third kappa shape index (κ3) is 3.77. The minimum atomic E-state index is 0.653. The van der Waals surface area contributed by atoms with E-state index in [9.17, 15) is 0 Å². The fourth-order valence-corrected chi connectivity index (χ4v) is 1.24. The van der Waals surface area contributed by atoms with E-state index in [0.29, 0.717) is 13.2 Å². The van der Waals surface area contributed by atoms with Crippen LogP contribution in [0.4, 0.5) is 5.69 Å². The number of anilines is 1. The molecule has 0 spiro atoms. The Kier molecular flexibility index (Phi) is 5.04. The minimum absolute atomic E-state index is 0.653. The lowest BCUT2D eigenvalue weighted by molar-refractivity contribution is 0.185. The van der Waals surface area contributed by atoms with Crippen molar-refractivity contribution in [1.29, 1.82) is 0 Å². The maximum absolute atomic E-state index is 5.06. The van der Waals surface area contributed by atoms with Gasteiger partial charge in [-0.2, -0.15) is 0 Å². The van der Waals surface area contributed by atoms with Crippen molar-refractivity contribution in [2.45, 2.75) is 6.61 Å². The molecule has 1 aromatic carbocycles. The van der Waals surface area contributed by atoms with E-state index < -0.39 is 0 Å². The van der Waals surface area contributed by atoms with Crippen LogP contribution in [0.5, 0.6) is 0 Å². The topological polar surface area (TPSA) is 30.5 Å². The lowest BCUT2D eigenvalue weighted by Gasteiger charge is -2.07. The number of methoxy groups -OCH3 is 2. The van der Waals surface area contributed by atoms with Gasteiger partial charge < -0.3 is 14.8 Å². The van der Waals surface area contributed by atoms with E-state index in [0.717, 1.165) is 12.2 Å². The van der Waals surface area contributed by atoms with Crippen LogP contribution >= 0.6 is 0 Å². The van der Waals surface area contributed by atoms with Crippen LogP contribution in [0, 0.1) is 0 Å². The van der Waals surface area contributed by atoms with Gasteiger partial charge in [-0.1, -0.05) is 12.1 Å². The second kappa shape index (κ2) is 6.40. The molecule has 0 bridgehead atoms. The van der Waals surface area contributed by atoms with Gasteiger partial charge in [0.1, 0.15) is 0 Å². The highest BCUT2D eigenvalue weighted by atomic mass is 16.5. The molecule has 0 unspecified atom stereocenters. The second-order valence-corrected chi connectivity index (χ2v) is 3.05. The number of rotatable bonds is 6. The van der Waals surface area contributed by atoms with E-state index in [-0.39, 0.29) is 0 Å². The van der Waals surface area contributed by atoms with Crippen molar-refractivity contribution in [1.82, 2.24) is 0 Å². The van der Waals surface area contributed by atoms with Crippen molar-refractivity contribution in [3.63, 3.8) is 0 Å². The van der Waals surface area contributed by atoms with E-state index >= 15 is 0 Å². The van der Waals surface area contributed by atoms with Gasteiger partial charge in [-0.25, -0.2) is 0 Å². The highest BCUT2D eigenvalue weighted by Crippen LogP contribution is 2.10. The SMILES string of the molecule is COCCNc1cccc(COC)c1. The summed E-state index contributed by atoms with van der Waals surface area (Å²) in [6.07, 6.45) is 0. The monoisotopic (exact) mass is 195 g/mol. The number of hydrogen-bond acceptors (Lipinski definition) is 3. The quantitative estimate of drug-likeness (QED) is 0.703. The fraction of sp³-hybridized carbons (Fsp3) is 0.455. The van der Waals surface area contributed by atoms with Gasteiger partial charge in [-0.05, 0) is 17.7 Å². The van der Waals surface area contributed by atoms with Gasteiger partial charge in [0, 0.05) is 26.5 Å². The Bertz CT molecular complexity index is 263. The van der Waals surface area contributed by atoms with Crippen LogP contribution in [0.2, 0.25) is 0 Å². The number of hydrogen-bond donors (Lipinski definition) is 1. The maximum atomic E-state index is 5.06. The number of ether oxygens (including phenoxy) is 2. The van der Waals surface area contributed by atoms with Crippen LogP contribution < -0.4 is 5.32 Å². The van der Waals surface area contributed by atoms with Crippen molar-refractivity contribution in [2.75, 3.05) is 32.7 Å². The summed E-state index contributed by atoms with van der Waals surface area (Å²) >= 11 is 0. The van der Waals surface area contributed by atoms with Crippen LogP contribution in [-0.2, 0) is 16.1 Å². The Labute approximate surface area is 85.0 Å². The average molecular weight is 195 g/mol. The summed E-state index contributed by atoms with van der Waals surface area (Å²) in [5.74, 6) is 0. The molecule has 0 saturated carbocycles. The second-order valence-electron chi connectivity index (χ2n) is 3.05. The van der Waals surface area contributed by atoms with Crippen LogP contribution in [0.15, 0.2) is 24.3 Å². The average Bonchev–Trinajstić information content (AvgIpc) is 2.19. The molecule has 0 amide bonds. The van der Waals surface area contributed by atoms with Gasteiger partial charge >= 0.3 is 0 Å². The molecule has 0 fully saturated rings. The highest BCUT2D eigenvalue weighted by Gasteiger charge is 1.94. The van der Waals surface area contributed by atoms with E-state index in [4.69, 9.17) is 9.47 Å². The lowest BCUT2D eigenvalue weighted by Crippen LogP contribution is -2.07. The minimum Gasteiger partial charge on any atom is -0.383 e. The molecule has 3 heteroatoms. The molecule has 14 heavy (non-hydrogen) atoms. The summed E-state index contributed by atoms with van der Waals surface area (Å²) in [7, 11) is 3.40. The maximum Gasteiger partial charge on any atom is 0.0713 e. The Morgan fingerprint density at radius 1 is 1.21 bits per heavy atom. The molecule has 0 aliphatic heterocycles. The smallest absolute Gasteiger partial charge is 0.0713 e. The lowest BCUT2D eigenvalue weighted by atomic mass is 10.2. The van der Waals surface area contributed by atoms with E-state index in [1.807, 2.05) is 18.2 Å². The first-order valence-corrected chi connectivity index (χ1v) is 4.67. The van der Waals surface area contributed by atoms with Crippen molar-refractivity contribution in [3.8, 4) is 0 Å². The molecule has 0 aliphatic rings. The van der Waals surface area contributed by atoms with Gasteiger partial charge in [0.2, 0.25) is 0 Å². The molecule has 0 atom stereocenters. The molecular formula is C11H17NO2. The third-order valence-electron chi connectivity index (χ3n) is 1.87. The van der Waals surface area contributed by atoms with Gasteiger partial charge in [0.05, 0.1) is 13.2 Å². The number of nitrogens with one attached hydrogen (secondary N) is 1. The van der Waals surface area contributed by atoms with E-state index in [2.05, 4.69) is 11.4 Å². The van der Waals surface area contributed by atoms with Crippen LogP contribution in [0.3, 0.4) is 0 Å². The molecular weight excluding hydrogens is 178 g/mol. The van der Waals surface area contributed by atoms with E-state index in [1.165, 1.54) is 5.56 Å². The summed E-state index contributed by atoms with van der Waals surface area (Å²) in [4.78, 5) is 0. The largest absolute Gasteiger partial charge is 0.383 e. The summed E-state index contributed by atoms with van der Waals surface area (Å²) in [5, 5.41) is 3.26. The number of benzene rings is 1. The molecule has 1 aromatic rings. The summed E-state index contributed by atoms with van der Waals surface area (Å²) in [6, 6.07) is 8.18. The predicted octanol–water partition coefficient (Wildman–Crippen LogP) is 1.89. The van der Waals surface area contributed by atoms with Crippen LogP contribution in [0.25, 0.3) is 0 Å². The zero-order valence-electron chi connectivity index (χ0n) is 8.75. The fourth-order valence-electron chi connectivity index (χ4n) is 1.24. The molecule has 78 valence electrons. The van der Waals surface area contributed by atoms with Crippen LogP contribution in [-0.4, -0.2) is 27.4 Å². The Morgan fingerprint density at radius 3 is 2.79 bits per heavy atom. The van der Waals surface area contributed by atoms with E-state index in [1.54, 1.807) is 14.2 Å². The summed E-state index contributed by atoms with van der Waals surface area (Å²) < 4.78 is 10.0. The van der Waals surface area contributed by atoms with Crippen LogP contribution in [0.1, 0.15) is 5.56 Å². The van der Waals surface area contributed by atoms with Crippen molar-refractivity contribution < 1.29 is 9.47 Å². The molecule has 0 aromatic heterocycles. The summed E-state index contributed by atoms with van der Waals surface area (Å²) in [6.45, 7) is 2.20. The molecule has 0 heterocycles. The zero-order chi connectivity index (χ0) is 10.2. The molecule has 0 aliphatic carbocycles. The Balaban J connectivity index is 2.46. The summed E-state index contributed by atoms with van der Waals surface area (Å²) in [5.41, 5.74) is 2.28. The van der Waals surface area contributed by atoms with Gasteiger partial charge in [-0.3, -0.25) is 0 Å². The zero-order valence-corrected chi connectivity index (χ0v) is 8.75. The standard InChI is InChI=1S/C11H17NO2/c1-13-7-6-12-11-5-3-4-10(8-11)9-14-2/h3-5,8,12H,6-7,9H2,1-2H3. The first kappa shape index (κ1) is 11.0.